The number of methoxy groups -OCH3 is 1. The molecule has 0 aliphatic carbocycles. The molecule has 0 amide bonds. The zero-order chi connectivity index (χ0) is 22.0. The summed E-state index contributed by atoms with van der Waals surface area (Å²) >= 11 is 3.00. The van der Waals surface area contributed by atoms with Crippen molar-refractivity contribution in [3.63, 3.8) is 0 Å². The van der Waals surface area contributed by atoms with E-state index in [2.05, 4.69) is 6.92 Å². The number of nitrogens with two attached hydrogens (primary N) is 1. The number of nitrogens with zero attached hydrogens (tertiary/aromatic N) is 1. The zero-order valence-electron chi connectivity index (χ0n) is 17.2. The Morgan fingerprint density at radius 2 is 2.06 bits per heavy atom. The highest BCUT2D eigenvalue weighted by atomic mass is 32.2. The molecule has 1 aromatic carbocycles. The van der Waals surface area contributed by atoms with Crippen molar-refractivity contribution in [2.24, 2.45) is 0 Å². The summed E-state index contributed by atoms with van der Waals surface area (Å²) in [4.78, 5) is 18.7. The lowest BCUT2D eigenvalue weighted by molar-refractivity contribution is 0.0601. The molecule has 0 bridgehead atoms. The quantitative estimate of drug-likeness (QED) is 0.337. The van der Waals surface area contributed by atoms with Gasteiger partial charge in [-0.3, -0.25) is 4.21 Å². The third-order valence-corrected chi connectivity index (χ3v) is 8.81. The predicted octanol–water partition coefficient (Wildman–Crippen LogP) is 5.97. The van der Waals surface area contributed by atoms with E-state index in [4.69, 9.17) is 15.5 Å². The minimum Gasteiger partial charge on any atom is -0.465 e. The van der Waals surface area contributed by atoms with Crippen LogP contribution in [0.5, 0.6) is 0 Å². The number of thiophene rings is 2. The van der Waals surface area contributed by atoms with Gasteiger partial charge in [-0.05, 0) is 47.2 Å². The number of fused-ring (bicyclic) bond motifs is 1. The van der Waals surface area contributed by atoms with Crippen molar-refractivity contribution in [2.75, 3.05) is 18.6 Å². The lowest BCUT2D eigenvalue weighted by Crippen LogP contribution is -2.01. The first-order valence-corrected chi connectivity index (χ1v) is 12.9. The third-order valence-electron chi connectivity index (χ3n) is 4.92. The summed E-state index contributed by atoms with van der Waals surface area (Å²) in [5, 5.41) is 2.79. The number of anilines is 1. The standard InChI is InChI=1S/C23H22N2O3S3/c1-3-4-11-31(27)23-20(24)19-16(14-7-5-8-15(12-14)22(26)28-2)13-17(25-21(19)30-23)18-9-6-10-29-18/h5-10,12-13H,3-4,11,24H2,1-2H3. The first-order chi connectivity index (χ1) is 15.0. The van der Waals surface area contributed by atoms with Crippen LogP contribution in [-0.4, -0.2) is 28.0 Å². The molecule has 0 saturated carbocycles. The monoisotopic (exact) mass is 470 g/mol. The number of hydrogen-bond donors (Lipinski definition) is 1. The fourth-order valence-electron chi connectivity index (χ4n) is 3.35. The minimum absolute atomic E-state index is 0.398. The molecule has 1 atom stereocenters. The van der Waals surface area contributed by atoms with Crippen molar-refractivity contribution in [1.29, 1.82) is 0 Å². The van der Waals surface area contributed by atoms with Crippen LogP contribution >= 0.6 is 22.7 Å². The number of ether oxygens (including phenoxy) is 1. The molecule has 0 aliphatic heterocycles. The van der Waals surface area contributed by atoms with E-state index < -0.39 is 16.8 Å². The van der Waals surface area contributed by atoms with Gasteiger partial charge in [0.25, 0.3) is 0 Å². The lowest BCUT2D eigenvalue weighted by atomic mass is 9.99. The molecular formula is C23H22N2O3S3. The van der Waals surface area contributed by atoms with Crippen molar-refractivity contribution in [3.05, 3.63) is 53.4 Å². The van der Waals surface area contributed by atoms with Gasteiger partial charge in [0.2, 0.25) is 0 Å². The van der Waals surface area contributed by atoms with Crippen molar-refractivity contribution in [3.8, 4) is 21.7 Å². The Morgan fingerprint density at radius 3 is 2.77 bits per heavy atom. The maximum Gasteiger partial charge on any atom is 0.337 e. The molecule has 0 fully saturated rings. The topological polar surface area (TPSA) is 82.3 Å². The average Bonchev–Trinajstić information content (AvgIpc) is 3.45. The molecule has 1 unspecified atom stereocenters. The van der Waals surface area contributed by atoms with Gasteiger partial charge in [0.05, 0.1) is 39.7 Å². The van der Waals surface area contributed by atoms with E-state index >= 15 is 0 Å². The van der Waals surface area contributed by atoms with E-state index in [9.17, 15) is 9.00 Å². The van der Waals surface area contributed by atoms with E-state index in [1.807, 2.05) is 35.7 Å². The lowest BCUT2D eigenvalue weighted by Gasteiger charge is -2.09. The SMILES string of the molecule is CCCCS(=O)c1sc2nc(-c3cccs3)cc(-c3cccc(C(=O)OC)c3)c2c1N. The van der Waals surface area contributed by atoms with Gasteiger partial charge in [0.1, 0.15) is 9.04 Å². The first-order valence-electron chi connectivity index (χ1n) is 9.87. The Morgan fingerprint density at radius 1 is 1.23 bits per heavy atom. The van der Waals surface area contributed by atoms with Gasteiger partial charge in [-0.2, -0.15) is 0 Å². The number of pyridine rings is 1. The Hall–Kier alpha value is -2.55. The van der Waals surface area contributed by atoms with E-state index in [-0.39, 0.29) is 0 Å². The van der Waals surface area contributed by atoms with Crippen LogP contribution in [0.15, 0.2) is 52.1 Å². The molecule has 31 heavy (non-hydrogen) atoms. The van der Waals surface area contributed by atoms with Gasteiger partial charge in [0.15, 0.2) is 0 Å². The summed E-state index contributed by atoms with van der Waals surface area (Å²) in [5.74, 6) is 0.184. The summed E-state index contributed by atoms with van der Waals surface area (Å²) in [6.45, 7) is 2.08. The fraction of sp³-hybridized carbons (Fsp3) is 0.217. The second-order valence-corrected chi connectivity index (χ2v) is 10.7. The smallest absolute Gasteiger partial charge is 0.337 e. The number of rotatable bonds is 7. The average molecular weight is 471 g/mol. The highest BCUT2D eigenvalue weighted by Crippen LogP contribution is 2.43. The predicted molar refractivity (Wildman–Crippen MR) is 130 cm³/mol. The molecule has 3 aromatic heterocycles. The number of carbonyl (C=O) groups is 1. The number of nitrogen functional groups attached to an aromatic ring is 1. The second-order valence-electron chi connectivity index (χ2n) is 6.99. The van der Waals surface area contributed by atoms with Crippen LogP contribution < -0.4 is 5.73 Å². The normalized spacial score (nSPS) is 12.2. The number of esters is 1. The summed E-state index contributed by atoms with van der Waals surface area (Å²) < 4.78 is 18.4. The number of unbranched alkanes of at least 4 members (excludes halogenated alkanes) is 1. The molecule has 0 aliphatic rings. The van der Waals surface area contributed by atoms with E-state index in [0.29, 0.717) is 21.2 Å². The number of benzene rings is 1. The zero-order valence-corrected chi connectivity index (χ0v) is 19.7. The van der Waals surface area contributed by atoms with Gasteiger partial charge in [-0.1, -0.05) is 31.5 Å². The van der Waals surface area contributed by atoms with Gasteiger partial charge < -0.3 is 10.5 Å². The van der Waals surface area contributed by atoms with Crippen LogP contribution in [0.2, 0.25) is 0 Å². The van der Waals surface area contributed by atoms with E-state index in [0.717, 1.165) is 44.8 Å². The van der Waals surface area contributed by atoms with Crippen LogP contribution in [0.1, 0.15) is 30.1 Å². The molecule has 0 radical (unpaired) electrons. The number of aromatic nitrogens is 1. The summed E-state index contributed by atoms with van der Waals surface area (Å²) in [6, 6.07) is 13.3. The Bertz CT molecular complexity index is 1260. The molecule has 2 N–H and O–H groups in total. The molecule has 3 heterocycles. The van der Waals surface area contributed by atoms with Crippen LogP contribution in [0, 0.1) is 0 Å². The number of hydrogen-bond acceptors (Lipinski definition) is 7. The van der Waals surface area contributed by atoms with Crippen molar-refractivity contribution in [2.45, 2.75) is 24.0 Å². The van der Waals surface area contributed by atoms with Gasteiger partial charge in [-0.25, -0.2) is 9.78 Å². The first kappa shape index (κ1) is 21.7. The molecular weight excluding hydrogens is 448 g/mol. The molecule has 4 aromatic rings. The van der Waals surface area contributed by atoms with Gasteiger partial charge in [-0.15, -0.1) is 22.7 Å². The van der Waals surface area contributed by atoms with Crippen LogP contribution in [0.3, 0.4) is 0 Å². The molecule has 5 nitrogen and oxygen atoms in total. The van der Waals surface area contributed by atoms with Crippen molar-refractivity contribution in [1.82, 2.24) is 4.98 Å². The Labute approximate surface area is 191 Å². The van der Waals surface area contributed by atoms with Crippen molar-refractivity contribution < 1.29 is 13.7 Å². The van der Waals surface area contributed by atoms with Crippen LogP contribution in [0.4, 0.5) is 5.69 Å². The molecule has 8 heteroatoms. The highest BCUT2D eigenvalue weighted by Gasteiger charge is 2.21. The van der Waals surface area contributed by atoms with Gasteiger partial charge in [0, 0.05) is 11.1 Å². The maximum absolute atomic E-state index is 12.9. The summed E-state index contributed by atoms with van der Waals surface area (Å²) in [7, 11) is 0.198. The molecule has 0 spiro atoms. The third kappa shape index (κ3) is 4.28. The largest absolute Gasteiger partial charge is 0.465 e. The fourth-order valence-corrected chi connectivity index (χ4v) is 6.83. The highest BCUT2D eigenvalue weighted by molar-refractivity contribution is 7.87. The van der Waals surface area contributed by atoms with Crippen molar-refractivity contribution >= 4 is 55.3 Å². The van der Waals surface area contributed by atoms with E-state index in [1.165, 1.54) is 18.4 Å². The van der Waals surface area contributed by atoms with E-state index in [1.54, 1.807) is 23.5 Å². The molecule has 160 valence electrons. The van der Waals surface area contributed by atoms with Gasteiger partial charge >= 0.3 is 5.97 Å². The van der Waals surface area contributed by atoms with Crippen LogP contribution in [0.25, 0.3) is 31.9 Å². The Kier molecular flexibility index (Phi) is 6.50. The molecule has 0 saturated heterocycles. The molecule has 4 rings (SSSR count). The second kappa shape index (κ2) is 9.30. The summed E-state index contributed by atoms with van der Waals surface area (Å²) in [5.41, 5.74) is 10.0. The minimum atomic E-state index is -1.17. The summed E-state index contributed by atoms with van der Waals surface area (Å²) in [6.07, 6.45) is 1.85. The maximum atomic E-state index is 12.9. The Balaban J connectivity index is 1.95. The van der Waals surface area contributed by atoms with Crippen LogP contribution in [-0.2, 0) is 15.5 Å². The number of carbonyl (C=O) groups excluding carboxylic acids is 1.